The lowest BCUT2D eigenvalue weighted by atomic mass is 9.86. The van der Waals surface area contributed by atoms with Crippen LogP contribution in [0.4, 0.5) is 0 Å². The van der Waals surface area contributed by atoms with Crippen LogP contribution in [0.25, 0.3) is 133 Å². The highest BCUT2D eigenvalue weighted by Gasteiger charge is 2.18. The van der Waals surface area contributed by atoms with Crippen molar-refractivity contribution in [3.63, 3.8) is 0 Å². The second kappa shape index (κ2) is 19.4. The van der Waals surface area contributed by atoms with Gasteiger partial charge in [-0.2, -0.15) is 0 Å². The summed E-state index contributed by atoms with van der Waals surface area (Å²) in [6.07, 6.45) is 6.07. The number of hydrogen-bond acceptors (Lipinski definition) is 3. The maximum atomic E-state index is 5.10. The second-order valence-electron chi connectivity index (χ2n) is 18.3. The van der Waals surface area contributed by atoms with Crippen molar-refractivity contribution in [3.8, 4) is 101 Å². The van der Waals surface area contributed by atoms with E-state index in [1.807, 2.05) is 18.6 Å². The predicted octanol–water partition coefficient (Wildman–Crippen LogP) is 18.0. The Kier molecular flexibility index (Phi) is 11.8. The van der Waals surface area contributed by atoms with Gasteiger partial charge >= 0.3 is 0 Å². The second-order valence-corrected chi connectivity index (χ2v) is 18.3. The minimum absolute atomic E-state index is 0. The molecule has 3 nitrogen and oxygen atoms in total. The van der Waals surface area contributed by atoms with Gasteiger partial charge in [-0.25, -0.2) is 0 Å². The van der Waals surface area contributed by atoms with Crippen LogP contribution < -0.4 is 0 Å². The van der Waals surface area contributed by atoms with Gasteiger partial charge in [-0.05, 0) is 119 Å². The zero-order valence-electron chi connectivity index (χ0n) is 39.9. The van der Waals surface area contributed by atoms with E-state index in [0.29, 0.717) is 0 Å². The van der Waals surface area contributed by atoms with Crippen LogP contribution in [-0.2, 0) is 0 Å². The lowest BCUT2D eigenvalue weighted by Crippen LogP contribution is -1.93. The molecule has 0 unspecified atom stereocenters. The zero-order valence-corrected chi connectivity index (χ0v) is 39.9. The summed E-state index contributed by atoms with van der Waals surface area (Å²) in [5.74, 6) is 0. The normalized spacial score (nSPS) is 11.2. The molecule has 4 heteroatoms. The van der Waals surface area contributed by atoms with Gasteiger partial charge < -0.3 is 0 Å². The summed E-state index contributed by atoms with van der Waals surface area (Å²) in [4.78, 5) is 15.3. The third kappa shape index (κ3) is 8.45. The number of rotatable bonds is 9. The van der Waals surface area contributed by atoms with E-state index in [2.05, 4.69) is 255 Å². The maximum absolute atomic E-state index is 5.10. The Morgan fingerprint density at radius 2 is 0.425 bits per heavy atom. The van der Waals surface area contributed by atoms with Crippen molar-refractivity contribution < 1.29 is 0 Å². The smallest absolute Gasteiger partial charge is 0.0708 e. The molecule has 3 heterocycles. The third-order valence-corrected chi connectivity index (χ3v) is 14.1. The Morgan fingerprint density at radius 1 is 0.192 bits per heavy atom. The van der Waals surface area contributed by atoms with Crippen molar-refractivity contribution >= 4 is 40.7 Å². The Balaban J connectivity index is 0.00000543. The fraction of sp³-hybridized carbons (Fsp3) is 0. The summed E-state index contributed by atoms with van der Waals surface area (Å²) in [7, 11) is 0. The van der Waals surface area contributed by atoms with Gasteiger partial charge in [-0.15, -0.1) is 0 Å². The van der Waals surface area contributed by atoms with Crippen molar-refractivity contribution in [1.29, 1.82) is 0 Å². The summed E-state index contributed by atoms with van der Waals surface area (Å²) < 4.78 is 0. The maximum Gasteiger partial charge on any atom is 0.0708 e. The number of fused-ring (bicyclic) bond motifs is 3. The SMILES string of the molecule is [B].c1ccc(-c2cc(-c3ccccc3-c3ccc(-c4cccc5ccccc45)nc3)cc(-c3ccccc3-c3ccc(-c4cccc5ccccc45)nc3)c2)c(-c2ccc(-c3cccc4ccccc34)nc2)c1. The molecule has 10 aromatic carbocycles. The minimum Gasteiger partial charge on any atom is -0.256 e. The number of nitrogens with zero attached hydrogens (tertiary/aromatic N) is 3. The average Bonchev–Trinajstić information content (AvgIpc) is 3.47. The highest BCUT2D eigenvalue weighted by atomic mass is 14.7. The molecule has 0 saturated heterocycles. The molecule has 0 aliphatic rings. The number of benzene rings is 10. The van der Waals surface area contributed by atoms with E-state index in [1.54, 1.807) is 0 Å². The Labute approximate surface area is 427 Å². The molecule has 0 bridgehead atoms. The Morgan fingerprint density at radius 3 is 0.699 bits per heavy atom. The fourth-order valence-electron chi connectivity index (χ4n) is 10.5. The highest BCUT2D eigenvalue weighted by molar-refractivity contribution is 5.99. The topological polar surface area (TPSA) is 38.7 Å². The van der Waals surface area contributed by atoms with Crippen LogP contribution in [0, 0.1) is 0 Å². The first-order valence-corrected chi connectivity index (χ1v) is 24.5. The van der Waals surface area contributed by atoms with E-state index in [4.69, 9.17) is 15.0 Å². The van der Waals surface area contributed by atoms with Crippen LogP contribution in [0.2, 0.25) is 0 Å². The monoisotopic (exact) mass is 926 g/mol. The van der Waals surface area contributed by atoms with Gasteiger partial charge in [0.2, 0.25) is 0 Å². The van der Waals surface area contributed by atoms with Gasteiger partial charge in [0, 0.05) is 60.4 Å². The van der Waals surface area contributed by atoms with Crippen LogP contribution in [0.1, 0.15) is 0 Å². The first kappa shape index (κ1) is 44.7. The molecule has 0 aliphatic heterocycles. The Bertz CT molecular complexity index is 3690. The number of hydrogen-bond donors (Lipinski definition) is 0. The quantitative estimate of drug-likeness (QED) is 0.135. The molecule has 0 aliphatic carbocycles. The van der Waals surface area contributed by atoms with E-state index in [0.717, 1.165) is 101 Å². The molecule has 0 atom stereocenters. The average molecular weight is 927 g/mol. The molecule has 0 saturated carbocycles. The summed E-state index contributed by atoms with van der Waals surface area (Å²) in [5, 5.41) is 7.19. The van der Waals surface area contributed by atoms with Gasteiger partial charge in [-0.1, -0.05) is 218 Å². The van der Waals surface area contributed by atoms with Crippen LogP contribution in [-0.4, -0.2) is 23.4 Å². The number of pyridine rings is 3. The molecule has 73 heavy (non-hydrogen) atoms. The molecule has 3 aromatic heterocycles. The molecular formula is C69H45BN3. The van der Waals surface area contributed by atoms with Gasteiger partial charge in [0.25, 0.3) is 0 Å². The molecule has 0 amide bonds. The number of aromatic nitrogens is 3. The van der Waals surface area contributed by atoms with Crippen molar-refractivity contribution in [2.45, 2.75) is 0 Å². The van der Waals surface area contributed by atoms with Crippen molar-refractivity contribution in [2.75, 3.05) is 0 Å². The Hall–Kier alpha value is -9.51. The molecule has 13 aromatic rings. The van der Waals surface area contributed by atoms with Gasteiger partial charge in [0.15, 0.2) is 0 Å². The molecule has 0 spiro atoms. The molecule has 13 rings (SSSR count). The fourth-order valence-corrected chi connectivity index (χ4v) is 10.5. The lowest BCUT2D eigenvalue weighted by molar-refractivity contribution is 1.33. The first-order valence-electron chi connectivity index (χ1n) is 24.5. The highest BCUT2D eigenvalue weighted by Crippen LogP contribution is 2.43. The minimum atomic E-state index is 0. The standard InChI is InChI=1S/C69H45N3.B/c1-4-22-55-46(16-1)19-13-31-64(55)67-37-34-49(43-70-67)58-25-7-10-28-61(58)52-40-53(62-29-11-8-26-59(62)50-35-38-68(71-44-50)65-32-14-20-47-17-2-5-23-56(47)65)42-54(41-52)63-30-12-9-27-60(63)51-36-39-69(72-45-51)66-33-15-21-48-18-3-6-24-57(48)66;/h1-45H;. The van der Waals surface area contributed by atoms with E-state index in [-0.39, 0.29) is 8.41 Å². The summed E-state index contributed by atoms with van der Waals surface area (Å²) >= 11 is 0. The van der Waals surface area contributed by atoms with Gasteiger partial charge in [-0.3, -0.25) is 15.0 Å². The lowest BCUT2D eigenvalue weighted by Gasteiger charge is -2.18. The van der Waals surface area contributed by atoms with Gasteiger partial charge in [0.1, 0.15) is 0 Å². The first-order chi connectivity index (χ1) is 35.7. The van der Waals surface area contributed by atoms with Crippen LogP contribution in [0.3, 0.4) is 0 Å². The largest absolute Gasteiger partial charge is 0.256 e. The molecule has 3 radical (unpaired) electrons. The van der Waals surface area contributed by atoms with Gasteiger partial charge in [0.05, 0.1) is 17.1 Å². The van der Waals surface area contributed by atoms with E-state index in [1.165, 1.54) is 32.3 Å². The van der Waals surface area contributed by atoms with E-state index >= 15 is 0 Å². The molecular weight excluding hydrogens is 882 g/mol. The summed E-state index contributed by atoms with van der Waals surface area (Å²) in [6, 6.07) is 91.0. The summed E-state index contributed by atoms with van der Waals surface area (Å²) in [6.45, 7) is 0. The van der Waals surface area contributed by atoms with Crippen LogP contribution in [0.5, 0.6) is 0 Å². The van der Waals surface area contributed by atoms with Crippen molar-refractivity contribution in [2.24, 2.45) is 0 Å². The predicted molar refractivity (Wildman–Crippen MR) is 307 cm³/mol. The van der Waals surface area contributed by atoms with E-state index < -0.39 is 0 Å². The zero-order chi connectivity index (χ0) is 47.8. The van der Waals surface area contributed by atoms with Crippen LogP contribution >= 0.6 is 0 Å². The summed E-state index contributed by atoms with van der Waals surface area (Å²) in [5.41, 5.74) is 19.4. The third-order valence-electron chi connectivity index (χ3n) is 14.1. The van der Waals surface area contributed by atoms with Crippen molar-refractivity contribution in [1.82, 2.24) is 15.0 Å². The molecule has 339 valence electrons. The molecule has 0 N–H and O–H groups in total. The molecule has 0 fully saturated rings. The van der Waals surface area contributed by atoms with Crippen molar-refractivity contribution in [3.05, 3.63) is 273 Å². The van der Waals surface area contributed by atoms with Crippen LogP contribution in [0.15, 0.2) is 273 Å². The van der Waals surface area contributed by atoms with E-state index in [9.17, 15) is 0 Å².